The lowest BCUT2D eigenvalue weighted by Crippen LogP contribution is -2.41. The summed E-state index contributed by atoms with van der Waals surface area (Å²) in [6, 6.07) is 11.3. The van der Waals surface area contributed by atoms with Gasteiger partial charge in [-0.1, -0.05) is 30.3 Å². The summed E-state index contributed by atoms with van der Waals surface area (Å²) in [6.45, 7) is 1.41. The fourth-order valence-corrected chi connectivity index (χ4v) is 4.56. The minimum Gasteiger partial charge on any atom is -0.336 e. The molecule has 5 rings (SSSR count). The number of nitrogens with one attached hydrogen (secondary N) is 1. The first-order valence-electron chi connectivity index (χ1n) is 10.4. The molecule has 0 saturated carbocycles. The first kappa shape index (κ1) is 25.0. The third-order valence-electron chi connectivity index (χ3n) is 5.89. The van der Waals surface area contributed by atoms with Gasteiger partial charge in [0.15, 0.2) is 11.3 Å². The van der Waals surface area contributed by atoms with Crippen LogP contribution in [0.5, 0.6) is 0 Å². The molecular weight excluding hydrogens is 553 g/mol. The third-order valence-corrected chi connectivity index (χ3v) is 6.84. The molecule has 0 unspecified atom stereocenters. The molecule has 0 saturated heterocycles. The van der Waals surface area contributed by atoms with Crippen LogP contribution < -0.4 is 5.56 Å². The van der Waals surface area contributed by atoms with Gasteiger partial charge in [0.1, 0.15) is 6.54 Å². The van der Waals surface area contributed by atoms with Crippen LogP contribution in [0.15, 0.2) is 45.7 Å². The average Bonchev–Trinajstić information content (AvgIpc) is 3.36. The van der Waals surface area contributed by atoms with Crippen LogP contribution in [0.1, 0.15) is 22.6 Å². The number of aromatic nitrogens is 5. The van der Waals surface area contributed by atoms with E-state index in [1.54, 1.807) is 6.07 Å². The van der Waals surface area contributed by atoms with Crippen molar-refractivity contribution in [3.8, 4) is 11.3 Å². The number of H-pyrrole nitrogens is 1. The lowest BCUT2D eigenvalue weighted by atomic mass is 10.1. The van der Waals surface area contributed by atoms with Crippen molar-refractivity contribution in [3.05, 3.63) is 73.9 Å². The summed E-state index contributed by atoms with van der Waals surface area (Å²) in [6.07, 6.45) is -4.27. The van der Waals surface area contributed by atoms with E-state index in [1.165, 1.54) is 16.3 Å². The molecule has 1 aliphatic rings. The Kier molecular flexibility index (Phi) is 6.54. The van der Waals surface area contributed by atoms with Crippen LogP contribution in [-0.2, 0) is 30.5 Å². The summed E-state index contributed by atoms with van der Waals surface area (Å²) in [5, 5.41) is 6.62. The second-order valence-corrected chi connectivity index (χ2v) is 8.83. The van der Waals surface area contributed by atoms with Crippen LogP contribution in [0.2, 0.25) is 0 Å². The SMILES string of the molecule is Cc1c(Br)c(C(F)(F)F)nn1CC(=O)N1CCc2nc3cc(-c4ccccc4)[nH]n3c(=O)c2C1.Cl. The smallest absolute Gasteiger partial charge is 0.336 e. The number of aromatic amines is 1. The molecule has 1 aromatic carbocycles. The molecule has 1 N–H and O–H groups in total. The Morgan fingerprint density at radius 3 is 2.60 bits per heavy atom. The van der Waals surface area contributed by atoms with Crippen molar-refractivity contribution in [3.63, 3.8) is 0 Å². The molecule has 0 fully saturated rings. The number of fused-ring (bicyclic) bond motifs is 2. The normalized spacial score (nSPS) is 13.6. The maximum absolute atomic E-state index is 13.2. The molecule has 184 valence electrons. The summed E-state index contributed by atoms with van der Waals surface area (Å²) in [4.78, 5) is 32.1. The molecule has 0 aliphatic carbocycles. The van der Waals surface area contributed by atoms with E-state index in [1.807, 2.05) is 30.3 Å². The Labute approximate surface area is 211 Å². The van der Waals surface area contributed by atoms with Crippen molar-refractivity contribution in [2.45, 2.75) is 32.6 Å². The van der Waals surface area contributed by atoms with Crippen molar-refractivity contribution >= 4 is 39.9 Å². The van der Waals surface area contributed by atoms with Gasteiger partial charge < -0.3 is 4.90 Å². The van der Waals surface area contributed by atoms with Crippen molar-refractivity contribution in [2.75, 3.05) is 6.54 Å². The van der Waals surface area contributed by atoms with E-state index in [9.17, 15) is 22.8 Å². The van der Waals surface area contributed by atoms with Gasteiger partial charge in [0, 0.05) is 19.0 Å². The summed E-state index contributed by atoms with van der Waals surface area (Å²) in [5.74, 6) is -0.432. The van der Waals surface area contributed by atoms with E-state index in [-0.39, 0.29) is 41.2 Å². The summed E-state index contributed by atoms with van der Waals surface area (Å²) >= 11 is 2.91. The minimum absolute atomic E-state index is 0. The van der Waals surface area contributed by atoms with Crippen molar-refractivity contribution in [1.29, 1.82) is 0 Å². The Morgan fingerprint density at radius 1 is 1.23 bits per heavy atom. The molecule has 4 aromatic rings. The van der Waals surface area contributed by atoms with Gasteiger partial charge >= 0.3 is 6.18 Å². The highest BCUT2D eigenvalue weighted by molar-refractivity contribution is 9.10. The number of benzene rings is 1. The standard InChI is InChI=1S/C22H18BrF3N6O2.ClH/c1-12-19(23)20(22(24,25)26)29-31(12)11-18(33)30-8-7-15-14(10-30)21(34)32-17(27-15)9-16(28-32)13-5-3-2-4-6-13;/h2-6,9,28H,7-8,10-11H2,1H3;1H. The van der Waals surface area contributed by atoms with E-state index >= 15 is 0 Å². The van der Waals surface area contributed by atoms with Crippen molar-refractivity contribution < 1.29 is 18.0 Å². The van der Waals surface area contributed by atoms with Gasteiger partial charge in [-0.25, -0.2) is 9.50 Å². The molecule has 13 heteroatoms. The second-order valence-electron chi connectivity index (χ2n) is 8.04. The van der Waals surface area contributed by atoms with Gasteiger partial charge in [0.25, 0.3) is 5.56 Å². The van der Waals surface area contributed by atoms with Gasteiger partial charge in [0.05, 0.1) is 33.7 Å². The number of carbonyl (C=O) groups is 1. The number of halogens is 5. The Balaban J connectivity index is 0.00000289. The number of hydrogen-bond acceptors (Lipinski definition) is 4. The number of amides is 1. The number of nitrogens with zero attached hydrogens (tertiary/aromatic N) is 5. The molecule has 0 spiro atoms. The lowest BCUT2D eigenvalue weighted by molar-refractivity contribution is -0.142. The molecule has 0 bridgehead atoms. The molecule has 1 aliphatic heterocycles. The van der Waals surface area contributed by atoms with Crippen LogP contribution in [0.25, 0.3) is 16.9 Å². The van der Waals surface area contributed by atoms with Crippen LogP contribution in [0.3, 0.4) is 0 Å². The Bertz CT molecular complexity index is 1480. The van der Waals surface area contributed by atoms with E-state index in [2.05, 4.69) is 31.1 Å². The predicted molar refractivity (Wildman–Crippen MR) is 127 cm³/mol. The van der Waals surface area contributed by atoms with E-state index < -0.39 is 17.8 Å². The van der Waals surface area contributed by atoms with Gasteiger partial charge in [-0.05, 0) is 28.4 Å². The Morgan fingerprint density at radius 2 is 1.94 bits per heavy atom. The topological polar surface area (TPSA) is 88.3 Å². The van der Waals surface area contributed by atoms with Gasteiger partial charge in [0.2, 0.25) is 5.91 Å². The molecule has 8 nitrogen and oxygen atoms in total. The zero-order valence-corrected chi connectivity index (χ0v) is 20.7. The highest BCUT2D eigenvalue weighted by atomic mass is 79.9. The first-order valence-corrected chi connectivity index (χ1v) is 11.2. The molecule has 0 radical (unpaired) electrons. The monoisotopic (exact) mass is 570 g/mol. The van der Waals surface area contributed by atoms with E-state index in [0.717, 1.165) is 15.9 Å². The van der Waals surface area contributed by atoms with Gasteiger partial charge in [-0.15, -0.1) is 12.4 Å². The molecule has 4 heterocycles. The quantitative estimate of drug-likeness (QED) is 0.403. The maximum Gasteiger partial charge on any atom is 0.436 e. The van der Waals surface area contributed by atoms with Crippen LogP contribution in [0, 0.1) is 6.92 Å². The van der Waals surface area contributed by atoms with E-state index in [0.29, 0.717) is 29.9 Å². The fourth-order valence-electron chi connectivity index (χ4n) is 4.05. The molecule has 1 amide bonds. The maximum atomic E-state index is 13.2. The van der Waals surface area contributed by atoms with Crippen LogP contribution in [-0.4, -0.2) is 41.7 Å². The van der Waals surface area contributed by atoms with Crippen molar-refractivity contribution in [2.24, 2.45) is 0 Å². The predicted octanol–water partition coefficient (Wildman–Crippen LogP) is 3.98. The van der Waals surface area contributed by atoms with Crippen LogP contribution >= 0.6 is 28.3 Å². The third kappa shape index (κ3) is 4.47. The first-order chi connectivity index (χ1) is 16.1. The number of rotatable bonds is 3. The molecule has 0 atom stereocenters. The number of carbonyl (C=O) groups excluding carboxylic acids is 1. The zero-order chi connectivity index (χ0) is 24.2. The van der Waals surface area contributed by atoms with Crippen LogP contribution in [0.4, 0.5) is 13.2 Å². The number of hydrogen-bond donors (Lipinski definition) is 1. The fraction of sp³-hybridized carbons (Fsp3) is 0.273. The summed E-state index contributed by atoms with van der Waals surface area (Å²) in [7, 11) is 0. The number of alkyl halides is 3. The highest BCUT2D eigenvalue weighted by Crippen LogP contribution is 2.35. The average molecular weight is 572 g/mol. The molecular formula is C22H19BrClF3N6O2. The van der Waals surface area contributed by atoms with Gasteiger partial charge in [-0.3, -0.25) is 19.4 Å². The Hall–Kier alpha value is -3.12. The lowest BCUT2D eigenvalue weighted by Gasteiger charge is -2.27. The molecule has 3 aromatic heterocycles. The summed E-state index contributed by atoms with van der Waals surface area (Å²) < 4.78 is 41.6. The second kappa shape index (κ2) is 9.15. The summed E-state index contributed by atoms with van der Waals surface area (Å²) in [5.41, 5.74) is 1.94. The molecule has 35 heavy (non-hydrogen) atoms. The largest absolute Gasteiger partial charge is 0.436 e. The zero-order valence-electron chi connectivity index (χ0n) is 18.3. The highest BCUT2D eigenvalue weighted by Gasteiger charge is 2.38. The minimum atomic E-state index is -4.64. The van der Waals surface area contributed by atoms with Gasteiger partial charge in [-0.2, -0.15) is 18.3 Å². The van der Waals surface area contributed by atoms with Crippen molar-refractivity contribution in [1.82, 2.24) is 29.3 Å². The van der Waals surface area contributed by atoms with E-state index in [4.69, 9.17) is 0 Å².